The molecule has 0 bridgehead atoms. The SMILES string of the molecule is CCCCOc1ccc2nc(NS(=O)(=O)c3ccc(N[C@H]4CCCC[C@@H]4N(C)C)cc3C#N)sc2c1.[HH].[HH]. The highest BCUT2D eigenvalue weighted by Crippen LogP contribution is 2.32. The smallest absolute Gasteiger partial charge is 0.264 e. The number of anilines is 2. The number of nitrogens with zero attached hydrogens (tertiary/aromatic N) is 3. The molecule has 10 heteroatoms. The second kappa shape index (κ2) is 11.5. The van der Waals surface area contributed by atoms with Crippen LogP contribution in [-0.4, -0.2) is 51.1 Å². The molecule has 196 valence electrons. The number of thiazole rings is 1. The number of fused-ring (bicyclic) bond motifs is 1. The van der Waals surface area contributed by atoms with Crippen molar-refractivity contribution in [3.05, 3.63) is 42.0 Å². The van der Waals surface area contributed by atoms with Crippen LogP contribution in [0.1, 0.15) is 53.9 Å². The van der Waals surface area contributed by atoms with E-state index in [1.807, 2.05) is 18.2 Å². The highest BCUT2D eigenvalue weighted by molar-refractivity contribution is 7.93. The standard InChI is InChI=1S/C26H33N5O3S2.2H2/c1-4-5-14-34-20-11-12-22-24(16-20)35-26(29-22)30-36(32,33)25-13-10-19(15-18(25)17-27)28-21-8-6-7-9-23(21)31(2)3;;/h10-13,15-16,21,23,28H,4-9,14H2,1-3H3,(H,29,30);2*1H/t21-,23-;;/m0../s1. The number of sulfonamides is 1. The fraction of sp³-hybridized carbons (Fsp3) is 0.462. The van der Waals surface area contributed by atoms with Gasteiger partial charge in [-0.15, -0.1) is 0 Å². The number of likely N-dealkylation sites (N-methyl/N-ethyl adjacent to an activating group) is 1. The summed E-state index contributed by atoms with van der Waals surface area (Å²) in [6.07, 6.45) is 6.52. The maximum atomic E-state index is 13.2. The first kappa shape index (κ1) is 26.2. The molecule has 2 N–H and O–H groups in total. The van der Waals surface area contributed by atoms with Gasteiger partial charge < -0.3 is 15.0 Å². The van der Waals surface area contributed by atoms with Crippen molar-refractivity contribution < 1.29 is 16.0 Å². The van der Waals surface area contributed by atoms with Crippen LogP contribution in [0.15, 0.2) is 41.3 Å². The van der Waals surface area contributed by atoms with Gasteiger partial charge in [-0.05, 0) is 69.8 Å². The first-order valence-corrected chi connectivity index (χ1v) is 14.6. The van der Waals surface area contributed by atoms with Crippen LogP contribution in [0.5, 0.6) is 5.75 Å². The summed E-state index contributed by atoms with van der Waals surface area (Å²) in [6, 6.07) is 13.1. The molecule has 3 aromatic rings. The molecular weight excluding hydrogens is 494 g/mol. The summed E-state index contributed by atoms with van der Waals surface area (Å²) in [5.41, 5.74) is 1.53. The van der Waals surface area contributed by atoms with E-state index in [2.05, 4.69) is 47.0 Å². The van der Waals surface area contributed by atoms with Crippen LogP contribution >= 0.6 is 11.3 Å². The average molecular weight is 532 g/mol. The summed E-state index contributed by atoms with van der Waals surface area (Å²) in [6.45, 7) is 2.74. The van der Waals surface area contributed by atoms with Crippen LogP contribution < -0.4 is 14.8 Å². The van der Waals surface area contributed by atoms with Crippen LogP contribution in [0.2, 0.25) is 0 Å². The van der Waals surface area contributed by atoms with E-state index in [0.29, 0.717) is 18.2 Å². The fourth-order valence-electron chi connectivity index (χ4n) is 4.60. The molecule has 1 heterocycles. The largest absolute Gasteiger partial charge is 0.494 e. The van der Waals surface area contributed by atoms with Crippen LogP contribution in [0.25, 0.3) is 10.2 Å². The van der Waals surface area contributed by atoms with E-state index < -0.39 is 10.0 Å². The zero-order valence-electron chi connectivity index (χ0n) is 21.0. The first-order valence-electron chi connectivity index (χ1n) is 12.3. The van der Waals surface area contributed by atoms with Gasteiger partial charge in [0.15, 0.2) is 5.13 Å². The number of unbranched alkanes of at least 4 members (excludes halogenated alkanes) is 1. The number of nitriles is 1. The van der Waals surface area contributed by atoms with E-state index in [1.165, 1.54) is 23.8 Å². The molecule has 1 fully saturated rings. The predicted molar refractivity (Wildman–Crippen MR) is 150 cm³/mol. The Bertz CT molecular complexity index is 1360. The molecule has 2 aromatic carbocycles. The van der Waals surface area contributed by atoms with E-state index in [1.54, 1.807) is 12.1 Å². The third-order valence-electron chi connectivity index (χ3n) is 6.48. The van der Waals surface area contributed by atoms with Crippen molar-refractivity contribution in [3.63, 3.8) is 0 Å². The Morgan fingerprint density at radius 2 is 2.03 bits per heavy atom. The number of nitrogens with one attached hydrogen (secondary N) is 2. The topological polar surface area (TPSA) is 107 Å². The predicted octanol–water partition coefficient (Wildman–Crippen LogP) is 5.92. The summed E-state index contributed by atoms with van der Waals surface area (Å²) in [4.78, 5) is 6.57. The minimum Gasteiger partial charge on any atom is -0.494 e. The van der Waals surface area contributed by atoms with Crippen molar-refractivity contribution >= 4 is 42.4 Å². The van der Waals surface area contributed by atoms with Crippen LogP contribution in [0.3, 0.4) is 0 Å². The molecule has 2 atom stereocenters. The van der Waals surface area contributed by atoms with E-state index in [0.717, 1.165) is 48.2 Å². The van der Waals surface area contributed by atoms with Gasteiger partial charge in [0.2, 0.25) is 0 Å². The first-order chi connectivity index (χ1) is 17.3. The van der Waals surface area contributed by atoms with Crippen molar-refractivity contribution in [1.82, 2.24) is 9.88 Å². The Labute approximate surface area is 220 Å². The number of hydrogen-bond donors (Lipinski definition) is 2. The highest BCUT2D eigenvalue weighted by atomic mass is 32.2. The monoisotopic (exact) mass is 531 g/mol. The minimum atomic E-state index is -4.00. The Kier molecular flexibility index (Phi) is 8.34. The van der Waals surface area contributed by atoms with Crippen LogP contribution in [-0.2, 0) is 10.0 Å². The normalized spacial score (nSPS) is 18.2. The number of hydrogen-bond acceptors (Lipinski definition) is 8. The summed E-state index contributed by atoms with van der Waals surface area (Å²) in [5, 5.41) is 13.5. The second-order valence-electron chi connectivity index (χ2n) is 9.35. The third-order valence-corrected chi connectivity index (χ3v) is 8.94. The van der Waals surface area contributed by atoms with Gasteiger partial charge in [0, 0.05) is 20.6 Å². The number of benzene rings is 2. The number of aromatic nitrogens is 1. The van der Waals surface area contributed by atoms with Gasteiger partial charge in [-0.3, -0.25) is 4.72 Å². The molecule has 0 saturated heterocycles. The third kappa shape index (κ3) is 6.09. The Balaban J connectivity index is 0.00000253. The quantitative estimate of drug-likeness (QED) is 0.312. The molecule has 1 aromatic heterocycles. The molecule has 0 radical (unpaired) electrons. The van der Waals surface area contributed by atoms with Crippen LogP contribution in [0.4, 0.5) is 10.8 Å². The summed E-state index contributed by atoms with van der Waals surface area (Å²) in [7, 11) is 0.160. The number of rotatable bonds is 10. The van der Waals surface area contributed by atoms with Gasteiger partial charge in [0.05, 0.1) is 22.4 Å². The number of ether oxygens (including phenoxy) is 1. The summed E-state index contributed by atoms with van der Waals surface area (Å²) >= 11 is 1.23. The van der Waals surface area contributed by atoms with Crippen molar-refractivity contribution in [2.75, 3.05) is 30.7 Å². The minimum absolute atomic E-state index is 0. The van der Waals surface area contributed by atoms with Crippen molar-refractivity contribution in [2.24, 2.45) is 0 Å². The molecule has 0 aliphatic heterocycles. The van der Waals surface area contributed by atoms with E-state index >= 15 is 0 Å². The molecule has 8 nitrogen and oxygen atoms in total. The molecule has 36 heavy (non-hydrogen) atoms. The summed E-state index contributed by atoms with van der Waals surface area (Å²) in [5.74, 6) is 0.735. The van der Waals surface area contributed by atoms with Gasteiger partial charge >= 0.3 is 0 Å². The van der Waals surface area contributed by atoms with Gasteiger partial charge in [-0.25, -0.2) is 13.4 Å². The fourth-order valence-corrected chi connectivity index (χ4v) is 6.86. The molecule has 0 spiro atoms. The Morgan fingerprint density at radius 3 is 2.78 bits per heavy atom. The van der Waals surface area contributed by atoms with Crippen molar-refractivity contribution in [2.45, 2.75) is 62.4 Å². The molecule has 1 aliphatic carbocycles. The Morgan fingerprint density at radius 1 is 1.22 bits per heavy atom. The lowest BCUT2D eigenvalue weighted by molar-refractivity contribution is 0.211. The van der Waals surface area contributed by atoms with Crippen molar-refractivity contribution in [3.8, 4) is 11.8 Å². The van der Waals surface area contributed by atoms with E-state index in [-0.39, 0.29) is 24.5 Å². The van der Waals surface area contributed by atoms with E-state index in [4.69, 9.17) is 4.74 Å². The van der Waals surface area contributed by atoms with E-state index in [9.17, 15) is 13.7 Å². The molecule has 1 aliphatic rings. The molecule has 1 saturated carbocycles. The summed E-state index contributed by atoms with van der Waals surface area (Å²) < 4.78 is 35.5. The van der Waals surface area contributed by atoms with Gasteiger partial charge in [-0.1, -0.05) is 37.5 Å². The molecule has 0 amide bonds. The second-order valence-corrected chi connectivity index (χ2v) is 12.0. The van der Waals surface area contributed by atoms with Crippen LogP contribution in [0, 0.1) is 11.3 Å². The molecule has 4 rings (SSSR count). The highest BCUT2D eigenvalue weighted by Gasteiger charge is 2.27. The lowest BCUT2D eigenvalue weighted by Gasteiger charge is -2.37. The van der Waals surface area contributed by atoms with Gasteiger partial charge in [-0.2, -0.15) is 5.26 Å². The zero-order chi connectivity index (χ0) is 25.7. The zero-order valence-corrected chi connectivity index (χ0v) is 22.6. The molecular formula is C26H37N5O3S2. The molecule has 0 unspecified atom stereocenters. The lowest BCUT2D eigenvalue weighted by atomic mass is 9.89. The van der Waals surface area contributed by atoms with Gasteiger partial charge in [0.25, 0.3) is 10.0 Å². The lowest BCUT2D eigenvalue weighted by Crippen LogP contribution is -2.45. The van der Waals surface area contributed by atoms with Gasteiger partial charge in [0.1, 0.15) is 16.7 Å². The maximum absolute atomic E-state index is 13.2. The van der Waals surface area contributed by atoms with Crippen molar-refractivity contribution in [1.29, 1.82) is 5.26 Å². The maximum Gasteiger partial charge on any atom is 0.264 e. The Hall–Kier alpha value is -2.87. The average Bonchev–Trinajstić information content (AvgIpc) is 3.25.